The molecular formula is C24H21F3N2O5S. The smallest absolute Gasteiger partial charge is 0.416 e. The number of carbonyl (C=O) groups is 1. The van der Waals surface area contributed by atoms with Crippen molar-refractivity contribution in [3.05, 3.63) is 82.3 Å². The van der Waals surface area contributed by atoms with E-state index in [1.165, 1.54) is 40.7 Å². The van der Waals surface area contributed by atoms with E-state index < -0.39 is 45.4 Å². The Balaban J connectivity index is 1.59. The highest BCUT2D eigenvalue weighted by atomic mass is 32.2. The number of phenolic OH excluding ortho intramolecular Hbond substituents is 1. The molecule has 0 unspecified atom stereocenters. The normalized spacial score (nSPS) is 14.8. The first-order valence-electron chi connectivity index (χ1n) is 10.7. The maximum absolute atomic E-state index is 13.0. The molecule has 0 aliphatic carbocycles. The molecule has 3 aromatic rings. The Morgan fingerprint density at radius 3 is 2.31 bits per heavy atom. The largest absolute Gasteiger partial charge is 0.507 e. The molecule has 0 saturated carbocycles. The number of rotatable bonds is 6. The minimum Gasteiger partial charge on any atom is -0.507 e. The molecule has 0 spiro atoms. The number of aromatic hydroxyl groups is 1. The van der Waals surface area contributed by atoms with Gasteiger partial charge in [0.15, 0.2) is 5.78 Å². The second kappa shape index (κ2) is 9.31. The Morgan fingerprint density at radius 1 is 0.971 bits per heavy atom. The number of benzene rings is 2. The fourth-order valence-electron chi connectivity index (χ4n) is 3.93. The number of alkyl halides is 3. The van der Waals surface area contributed by atoms with Gasteiger partial charge in [0.2, 0.25) is 10.0 Å². The van der Waals surface area contributed by atoms with Crippen LogP contribution in [0.25, 0.3) is 11.1 Å². The first kappa shape index (κ1) is 24.7. The van der Waals surface area contributed by atoms with Crippen LogP contribution in [0.4, 0.5) is 13.2 Å². The molecule has 1 N–H and O–H groups in total. The second-order valence-corrected chi connectivity index (χ2v) is 10.1. The lowest BCUT2D eigenvalue weighted by atomic mass is 9.99. The summed E-state index contributed by atoms with van der Waals surface area (Å²) >= 11 is 0. The molecule has 1 saturated heterocycles. The van der Waals surface area contributed by atoms with Gasteiger partial charge in [-0.3, -0.25) is 9.59 Å². The Hall–Kier alpha value is -3.44. The zero-order chi connectivity index (χ0) is 25.4. The molecule has 7 nitrogen and oxygen atoms in total. The molecular weight excluding hydrogens is 485 g/mol. The summed E-state index contributed by atoms with van der Waals surface area (Å²) in [6.45, 7) is 0.234. The van der Waals surface area contributed by atoms with Crippen LogP contribution in [0.2, 0.25) is 0 Å². The lowest BCUT2D eigenvalue weighted by Crippen LogP contribution is -2.30. The van der Waals surface area contributed by atoms with Crippen molar-refractivity contribution in [2.75, 3.05) is 13.1 Å². The number of hydrogen-bond donors (Lipinski definition) is 1. The van der Waals surface area contributed by atoms with Crippen LogP contribution in [0.15, 0.2) is 70.5 Å². The van der Waals surface area contributed by atoms with Crippen LogP contribution < -0.4 is 5.56 Å². The van der Waals surface area contributed by atoms with Crippen LogP contribution in [-0.4, -0.2) is 41.3 Å². The van der Waals surface area contributed by atoms with Crippen molar-refractivity contribution in [1.82, 2.24) is 8.87 Å². The summed E-state index contributed by atoms with van der Waals surface area (Å²) < 4.78 is 66.8. The summed E-state index contributed by atoms with van der Waals surface area (Å²) in [5.41, 5.74) is -1.14. The molecule has 1 aliphatic rings. The number of ketones is 1. The number of Topliss-reactive ketones (excluding diaryl/α,β-unsaturated/α-hetero) is 1. The maximum Gasteiger partial charge on any atom is 0.416 e. The van der Waals surface area contributed by atoms with Crippen LogP contribution >= 0.6 is 0 Å². The molecule has 0 amide bonds. The van der Waals surface area contributed by atoms with E-state index in [1.807, 2.05) is 0 Å². The van der Waals surface area contributed by atoms with Crippen LogP contribution in [0, 0.1) is 0 Å². The van der Waals surface area contributed by atoms with Crippen LogP contribution in [0.1, 0.15) is 28.8 Å². The van der Waals surface area contributed by atoms with Crippen LogP contribution in [0.5, 0.6) is 5.75 Å². The molecule has 11 heteroatoms. The molecule has 0 atom stereocenters. The zero-order valence-electron chi connectivity index (χ0n) is 18.3. The van der Waals surface area contributed by atoms with Gasteiger partial charge >= 0.3 is 6.18 Å². The van der Waals surface area contributed by atoms with Crippen molar-refractivity contribution in [3.8, 4) is 16.9 Å². The molecule has 0 bridgehead atoms. The van der Waals surface area contributed by atoms with Gasteiger partial charge in [-0.05, 0) is 54.3 Å². The van der Waals surface area contributed by atoms with E-state index in [-0.39, 0.29) is 21.6 Å². The molecule has 2 heterocycles. The number of hydrogen-bond acceptors (Lipinski definition) is 5. The average Bonchev–Trinajstić information content (AvgIpc) is 3.36. The van der Waals surface area contributed by atoms with Crippen molar-refractivity contribution >= 4 is 15.8 Å². The number of aromatic nitrogens is 1. The maximum atomic E-state index is 13.0. The van der Waals surface area contributed by atoms with E-state index in [0.29, 0.717) is 13.1 Å². The summed E-state index contributed by atoms with van der Waals surface area (Å²) in [6, 6.07) is 10.6. The Morgan fingerprint density at radius 2 is 1.66 bits per heavy atom. The van der Waals surface area contributed by atoms with Gasteiger partial charge < -0.3 is 9.67 Å². The minimum absolute atomic E-state index is 0.115. The molecule has 4 rings (SSSR count). The van der Waals surface area contributed by atoms with Gasteiger partial charge in [0, 0.05) is 25.4 Å². The molecule has 0 radical (unpaired) electrons. The van der Waals surface area contributed by atoms with Gasteiger partial charge in [-0.1, -0.05) is 18.2 Å². The topological polar surface area (TPSA) is 96.7 Å². The average molecular weight is 507 g/mol. The van der Waals surface area contributed by atoms with E-state index in [4.69, 9.17) is 0 Å². The summed E-state index contributed by atoms with van der Waals surface area (Å²) in [4.78, 5) is 25.0. The summed E-state index contributed by atoms with van der Waals surface area (Å²) in [5.74, 6) is -1.14. The van der Waals surface area contributed by atoms with Crippen LogP contribution in [0.3, 0.4) is 0 Å². The molecule has 35 heavy (non-hydrogen) atoms. The van der Waals surface area contributed by atoms with E-state index in [2.05, 4.69) is 0 Å². The van der Waals surface area contributed by atoms with Gasteiger partial charge in [0.1, 0.15) is 5.75 Å². The Labute approximate surface area is 199 Å². The van der Waals surface area contributed by atoms with Gasteiger partial charge in [-0.15, -0.1) is 0 Å². The number of halogens is 3. The van der Waals surface area contributed by atoms with Crippen LogP contribution in [-0.2, 0) is 22.7 Å². The third-order valence-electron chi connectivity index (χ3n) is 5.79. The fraction of sp³-hybridized carbons (Fsp3) is 0.250. The standard InChI is InChI=1S/C24H21F3N2O5S/c25-24(26,27)18-5-3-4-16(12-18)17-6-8-20(21(30)13-17)22(31)15-28-14-19(7-9-23(28)32)35(33,34)29-10-1-2-11-29/h3-9,12-14,30H,1-2,10-11,15H2. The van der Waals surface area contributed by atoms with Gasteiger partial charge in [-0.25, -0.2) is 8.42 Å². The van der Waals surface area contributed by atoms with Gasteiger partial charge in [0.05, 0.1) is 22.6 Å². The predicted octanol–water partition coefficient (Wildman–Crippen LogP) is 3.91. The number of pyridine rings is 1. The highest BCUT2D eigenvalue weighted by Crippen LogP contribution is 2.33. The van der Waals surface area contributed by atoms with Crippen molar-refractivity contribution in [3.63, 3.8) is 0 Å². The highest BCUT2D eigenvalue weighted by molar-refractivity contribution is 7.89. The van der Waals surface area contributed by atoms with E-state index in [9.17, 15) is 36.3 Å². The zero-order valence-corrected chi connectivity index (χ0v) is 19.1. The number of nitrogens with zero attached hydrogens (tertiary/aromatic N) is 2. The predicted molar refractivity (Wildman–Crippen MR) is 122 cm³/mol. The summed E-state index contributed by atoms with van der Waals surface area (Å²) in [7, 11) is -3.80. The van der Waals surface area contributed by atoms with E-state index >= 15 is 0 Å². The first-order chi connectivity index (χ1) is 16.5. The Bertz CT molecular complexity index is 1440. The monoisotopic (exact) mass is 506 g/mol. The third-order valence-corrected chi connectivity index (χ3v) is 7.68. The first-order valence-corrected chi connectivity index (χ1v) is 12.2. The number of phenols is 1. The molecule has 184 valence electrons. The lowest BCUT2D eigenvalue weighted by molar-refractivity contribution is -0.137. The quantitative estimate of drug-likeness (QED) is 0.512. The van der Waals surface area contributed by atoms with Gasteiger partial charge in [0.25, 0.3) is 5.56 Å². The number of sulfonamides is 1. The molecule has 1 fully saturated rings. The second-order valence-electron chi connectivity index (χ2n) is 8.18. The molecule has 1 aromatic heterocycles. The highest BCUT2D eigenvalue weighted by Gasteiger charge is 2.31. The molecule has 2 aromatic carbocycles. The van der Waals surface area contributed by atoms with Crippen molar-refractivity contribution in [2.24, 2.45) is 0 Å². The van der Waals surface area contributed by atoms with Crippen molar-refractivity contribution in [1.29, 1.82) is 0 Å². The van der Waals surface area contributed by atoms with Crippen molar-refractivity contribution < 1.29 is 31.5 Å². The van der Waals surface area contributed by atoms with Gasteiger partial charge in [-0.2, -0.15) is 17.5 Å². The number of carbonyl (C=O) groups excluding carboxylic acids is 1. The SMILES string of the molecule is O=C(Cn1cc(S(=O)(=O)N2CCCC2)ccc1=O)c1ccc(-c2cccc(C(F)(F)F)c2)cc1O. The Kier molecular flexibility index (Phi) is 6.56. The third kappa shape index (κ3) is 5.15. The summed E-state index contributed by atoms with van der Waals surface area (Å²) in [6.07, 6.45) is -1.94. The van der Waals surface area contributed by atoms with E-state index in [1.54, 1.807) is 0 Å². The summed E-state index contributed by atoms with van der Waals surface area (Å²) in [5, 5.41) is 10.4. The minimum atomic E-state index is -4.53. The fourth-order valence-corrected chi connectivity index (χ4v) is 5.46. The lowest BCUT2D eigenvalue weighted by Gasteiger charge is -2.16. The van der Waals surface area contributed by atoms with E-state index in [0.717, 1.165) is 41.8 Å². The molecule has 1 aliphatic heterocycles. The van der Waals surface area contributed by atoms with Crippen molar-refractivity contribution in [2.45, 2.75) is 30.5 Å².